The van der Waals surface area contributed by atoms with Crippen LogP contribution in [-0.4, -0.2) is 24.2 Å². The molecule has 0 amide bonds. The second-order valence-corrected chi connectivity index (χ2v) is 9.04. The first-order valence-corrected chi connectivity index (χ1v) is 8.85. The number of aromatic nitrogens is 3. The first kappa shape index (κ1) is 15.5. The lowest BCUT2D eigenvalue weighted by Crippen LogP contribution is -2.22. The zero-order valence-electron chi connectivity index (χ0n) is 12.3. The quantitative estimate of drug-likeness (QED) is 0.599. The number of alkyl halides is 2. The van der Waals surface area contributed by atoms with E-state index < -0.39 is 0 Å². The van der Waals surface area contributed by atoms with Gasteiger partial charge in [0.15, 0.2) is 5.82 Å². The molecule has 6 heteroatoms. The van der Waals surface area contributed by atoms with E-state index in [0.717, 1.165) is 31.0 Å². The molecule has 21 heavy (non-hydrogen) atoms. The topological polar surface area (TPSA) is 42.7 Å². The van der Waals surface area contributed by atoms with Gasteiger partial charge in [-0.25, -0.2) is 0 Å². The molecule has 0 radical (unpaired) electrons. The summed E-state index contributed by atoms with van der Waals surface area (Å²) in [6.45, 7) is 5.30. The van der Waals surface area contributed by atoms with Gasteiger partial charge in [0, 0.05) is 0 Å². The normalized spacial score (nSPS) is 30.5. The molecule has 1 unspecified atom stereocenters. The van der Waals surface area contributed by atoms with Gasteiger partial charge < -0.3 is 9.88 Å². The summed E-state index contributed by atoms with van der Waals surface area (Å²) in [7, 11) is 0. The lowest BCUT2D eigenvalue weighted by molar-refractivity contribution is 0.515. The highest BCUT2D eigenvalue weighted by molar-refractivity contribution is 14.1. The summed E-state index contributed by atoms with van der Waals surface area (Å²) in [5, 5.41) is 12.2. The number of halogens is 2. The average Bonchev–Trinajstić information content (AvgIpc) is 3.06. The number of aryl methyl sites for hydroxylation is 1. The summed E-state index contributed by atoms with van der Waals surface area (Å²) >= 11 is 8.62. The van der Waals surface area contributed by atoms with Crippen LogP contribution in [0.4, 0.5) is 0 Å². The largest absolute Gasteiger partial charge is 0.307 e. The highest BCUT2D eigenvalue weighted by Crippen LogP contribution is 2.37. The third kappa shape index (κ3) is 3.19. The lowest BCUT2D eigenvalue weighted by Gasteiger charge is -2.25. The number of allylic oxidation sites excluding steroid dienone is 4. The number of nitrogens with zero attached hydrogens (tertiary/aromatic N) is 3. The van der Waals surface area contributed by atoms with Crippen molar-refractivity contribution in [3.8, 4) is 0 Å². The van der Waals surface area contributed by atoms with Crippen LogP contribution in [-0.2, 0) is 0 Å². The molecule has 2 heterocycles. The van der Waals surface area contributed by atoms with Gasteiger partial charge in [0.1, 0.15) is 8.71 Å². The molecular formula is C15H20ClIN4. The van der Waals surface area contributed by atoms with E-state index in [1.807, 2.05) is 6.92 Å². The smallest absolute Gasteiger partial charge is 0.150 e. The van der Waals surface area contributed by atoms with Gasteiger partial charge in [0.2, 0.25) is 0 Å². The van der Waals surface area contributed by atoms with Crippen molar-refractivity contribution in [3.63, 3.8) is 0 Å². The summed E-state index contributed by atoms with van der Waals surface area (Å²) in [5.74, 6) is 2.03. The predicted octanol–water partition coefficient (Wildman–Crippen LogP) is 3.83. The SMILES string of the molecule is Cc1nnc([C@H]2CCCN2)n1[C@@H](C)C1=CCC(Cl)(I)C=C1. The standard InChI is InChI=1S/C15H20ClIN4/c1-10(12-5-7-15(16,17)8-6-12)21-11(2)19-20-14(21)13-4-3-9-18-13/h5-7,10,13,18H,3-4,8-9H2,1-2H3/t10-,13+,15?/m0/s1. The van der Waals surface area contributed by atoms with Crippen molar-refractivity contribution in [2.45, 2.75) is 48.1 Å². The Morgan fingerprint density at radius 2 is 2.33 bits per heavy atom. The van der Waals surface area contributed by atoms with Gasteiger partial charge in [0.25, 0.3) is 0 Å². The maximum Gasteiger partial charge on any atom is 0.150 e. The highest BCUT2D eigenvalue weighted by atomic mass is 127. The van der Waals surface area contributed by atoms with Crippen molar-refractivity contribution in [1.29, 1.82) is 0 Å². The predicted molar refractivity (Wildman–Crippen MR) is 93.9 cm³/mol. The Morgan fingerprint density at radius 3 is 2.95 bits per heavy atom. The van der Waals surface area contributed by atoms with Crippen molar-refractivity contribution >= 4 is 34.2 Å². The number of nitrogens with one attached hydrogen (secondary N) is 1. The molecule has 3 atom stereocenters. The Kier molecular flexibility index (Phi) is 4.43. The molecule has 1 aliphatic carbocycles. The lowest BCUT2D eigenvalue weighted by atomic mass is 10.0. The third-order valence-corrected chi connectivity index (χ3v) is 5.34. The second-order valence-electron chi connectivity index (χ2n) is 5.80. The zero-order valence-corrected chi connectivity index (χ0v) is 15.2. The van der Waals surface area contributed by atoms with Crippen LogP contribution in [0.1, 0.15) is 49.9 Å². The van der Waals surface area contributed by atoms with Crippen LogP contribution in [0, 0.1) is 6.92 Å². The molecule has 1 aromatic rings. The van der Waals surface area contributed by atoms with Crippen LogP contribution in [0.2, 0.25) is 0 Å². The minimum atomic E-state index is -0.279. The van der Waals surface area contributed by atoms with E-state index in [1.54, 1.807) is 0 Å². The average molecular weight is 419 g/mol. The summed E-state index contributed by atoms with van der Waals surface area (Å²) < 4.78 is 1.98. The Bertz CT molecular complexity index is 584. The van der Waals surface area contributed by atoms with Gasteiger partial charge in [-0.2, -0.15) is 0 Å². The molecule has 4 nitrogen and oxygen atoms in total. The van der Waals surface area contributed by atoms with Gasteiger partial charge in [-0.3, -0.25) is 0 Å². The third-order valence-electron chi connectivity index (χ3n) is 4.26. The second kappa shape index (κ2) is 6.01. The Hall–Kier alpha value is -0.400. The molecule has 1 aliphatic heterocycles. The Morgan fingerprint density at radius 1 is 1.52 bits per heavy atom. The fourth-order valence-electron chi connectivity index (χ4n) is 3.07. The van der Waals surface area contributed by atoms with Crippen LogP contribution in [0.5, 0.6) is 0 Å². The van der Waals surface area contributed by atoms with Gasteiger partial charge >= 0.3 is 0 Å². The van der Waals surface area contributed by atoms with E-state index in [2.05, 4.69) is 67.8 Å². The first-order valence-electron chi connectivity index (χ1n) is 7.40. The number of rotatable bonds is 3. The molecule has 0 saturated carbocycles. The van der Waals surface area contributed by atoms with Crippen molar-refractivity contribution in [1.82, 2.24) is 20.1 Å². The fraction of sp³-hybridized carbons (Fsp3) is 0.600. The molecule has 1 saturated heterocycles. The van der Waals surface area contributed by atoms with E-state index in [9.17, 15) is 0 Å². The summed E-state index contributed by atoms with van der Waals surface area (Å²) in [4.78, 5) is 0. The molecule has 1 fully saturated rings. The Balaban J connectivity index is 1.88. The highest BCUT2D eigenvalue weighted by Gasteiger charge is 2.28. The number of hydrogen-bond donors (Lipinski definition) is 1. The van der Waals surface area contributed by atoms with E-state index in [0.29, 0.717) is 6.04 Å². The van der Waals surface area contributed by atoms with Crippen LogP contribution in [0.25, 0.3) is 0 Å². The molecular weight excluding hydrogens is 399 g/mol. The van der Waals surface area contributed by atoms with Crippen LogP contribution >= 0.6 is 34.2 Å². The maximum atomic E-state index is 6.35. The van der Waals surface area contributed by atoms with Crippen molar-refractivity contribution in [2.75, 3.05) is 6.54 Å². The van der Waals surface area contributed by atoms with Gasteiger partial charge in [0.05, 0.1) is 12.1 Å². The minimum absolute atomic E-state index is 0.234. The van der Waals surface area contributed by atoms with Crippen molar-refractivity contribution in [3.05, 3.63) is 35.4 Å². The van der Waals surface area contributed by atoms with Crippen LogP contribution < -0.4 is 5.32 Å². The summed E-state index contributed by atoms with van der Waals surface area (Å²) in [5.41, 5.74) is 1.28. The molecule has 0 spiro atoms. The van der Waals surface area contributed by atoms with E-state index >= 15 is 0 Å². The summed E-state index contributed by atoms with van der Waals surface area (Å²) in [6, 6.07) is 0.566. The molecule has 2 aliphatic rings. The summed E-state index contributed by atoms with van der Waals surface area (Å²) in [6.07, 6.45) is 9.64. The molecule has 1 aromatic heterocycles. The van der Waals surface area contributed by atoms with Gasteiger partial charge in [-0.1, -0.05) is 40.8 Å². The fourth-order valence-corrected chi connectivity index (χ4v) is 3.61. The monoisotopic (exact) mass is 418 g/mol. The molecule has 0 aromatic carbocycles. The van der Waals surface area contributed by atoms with Crippen molar-refractivity contribution < 1.29 is 0 Å². The van der Waals surface area contributed by atoms with Crippen LogP contribution in [0.3, 0.4) is 0 Å². The molecule has 0 bridgehead atoms. The zero-order chi connectivity index (χ0) is 15.0. The van der Waals surface area contributed by atoms with E-state index in [-0.39, 0.29) is 8.92 Å². The van der Waals surface area contributed by atoms with Gasteiger partial charge in [-0.05, 0) is 45.2 Å². The van der Waals surface area contributed by atoms with E-state index in [4.69, 9.17) is 11.6 Å². The molecule has 114 valence electrons. The minimum Gasteiger partial charge on any atom is -0.307 e. The van der Waals surface area contributed by atoms with Gasteiger partial charge in [-0.15, -0.1) is 21.8 Å². The maximum absolute atomic E-state index is 6.35. The first-order chi connectivity index (χ1) is 9.98. The van der Waals surface area contributed by atoms with E-state index in [1.165, 1.54) is 12.0 Å². The number of hydrogen-bond acceptors (Lipinski definition) is 3. The van der Waals surface area contributed by atoms with Crippen molar-refractivity contribution in [2.24, 2.45) is 0 Å². The van der Waals surface area contributed by atoms with Crippen LogP contribution in [0.15, 0.2) is 23.8 Å². The molecule has 1 N–H and O–H groups in total. The molecule has 3 rings (SSSR count). The Labute approximate surface area is 144 Å².